The van der Waals surface area contributed by atoms with Crippen LogP contribution < -0.4 is 0 Å². The molecule has 0 aromatic rings. The average molecular weight is 309 g/mol. The van der Waals surface area contributed by atoms with Gasteiger partial charge in [-0.2, -0.15) is 0 Å². The lowest BCUT2D eigenvalue weighted by molar-refractivity contribution is 0.0933. The van der Waals surface area contributed by atoms with E-state index in [1.165, 1.54) is 65.1 Å². The molecule has 3 rings (SSSR count). The molecule has 3 aliphatic heterocycles. The van der Waals surface area contributed by atoms with Crippen LogP contribution in [0.1, 0.15) is 40.0 Å². The molecule has 0 aromatic heterocycles. The van der Waals surface area contributed by atoms with Crippen molar-refractivity contribution in [2.24, 2.45) is 0 Å². The van der Waals surface area contributed by atoms with Crippen molar-refractivity contribution in [3.63, 3.8) is 0 Å². The number of likely N-dealkylation sites (N-methyl/N-ethyl adjacent to an activating group) is 1. The second kappa shape index (κ2) is 7.16. The Kier molecular flexibility index (Phi) is 5.43. The minimum atomic E-state index is 0.714. The van der Waals surface area contributed by atoms with Gasteiger partial charge in [0.05, 0.1) is 0 Å². The van der Waals surface area contributed by atoms with Gasteiger partial charge >= 0.3 is 0 Å². The van der Waals surface area contributed by atoms with E-state index in [0.717, 1.165) is 18.1 Å². The van der Waals surface area contributed by atoms with E-state index in [1.807, 2.05) is 0 Å². The molecule has 0 saturated carbocycles. The average Bonchev–Trinajstić information content (AvgIpc) is 3.06. The Morgan fingerprint density at radius 1 is 0.955 bits per heavy atom. The molecular weight excluding hydrogens is 272 g/mol. The van der Waals surface area contributed by atoms with Gasteiger partial charge in [0.2, 0.25) is 0 Å². The third kappa shape index (κ3) is 3.66. The molecule has 0 radical (unpaired) electrons. The zero-order chi connectivity index (χ0) is 15.7. The summed E-state index contributed by atoms with van der Waals surface area (Å²) in [5, 5.41) is 0. The van der Waals surface area contributed by atoms with Crippen LogP contribution in [0.2, 0.25) is 0 Å². The molecular formula is C18H36N4. The summed E-state index contributed by atoms with van der Waals surface area (Å²) in [6.45, 7) is 16.1. The van der Waals surface area contributed by atoms with Crippen LogP contribution >= 0.6 is 0 Å². The third-order valence-electron chi connectivity index (χ3n) is 6.36. The molecule has 128 valence electrons. The highest BCUT2D eigenvalue weighted by Crippen LogP contribution is 2.31. The number of piperazine rings is 2. The third-order valence-corrected chi connectivity index (χ3v) is 6.36. The number of fused-ring (bicyclic) bond motifs is 2. The summed E-state index contributed by atoms with van der Waals surface area (Å²) in [5.41, 5.74) is 0. The first-order valence-electron chi connectivity index (χ1n) is 9.47. The van der Waals surface area contributed by atoms with Crippen molar-refractivity contribution in [3.05, 3.63) is 0 Å². The van der Waals surface area contributed by atoms with Crippen LogP contribution in [-0.4, -0.2) is 96.6 Å². The molecule has 3 saturated heterocycles. The van der Waals surface area contributed by atoms with Gasteiger partial charge in [-0.15, -0.1) is 0 Å². The summed E-state index contributed by atoms with van der Waals surface area (Å²) in [5.74, 6) is 0. The molecule has 1 unspecified atom stereocenters. The minimum absolute atomic E-state index is 0.714. The van der Waals surface area contributed by atoms with Crippen molar-refractivity contribution in [2.75, 3.05) is 52.9 Å². The fourth-order valence-corrected chi connectivity index (χ4v) is 4.72. The highest BCUT2D eigenvalue weighted by Gasteiger charge is 2.42. The van der Waals surface area contributed by atoms with Crippen molar-refractivity contribution >= 4 is 0 Å². The van der Waals surface area contributed by atoms with E-state index < -0.39 is 0 Å². The van der Waals surface area contributed by atoms with Crippen LogP contribution in [-0.2, 0) is 0 Å². The van der Waals surface area contributed by atoms with Crippen LogP contribution in [0.25, 0.3) is 0 Å². The van der Waals surface area contributed by atoms with Gasteiger partial charge in [-0.1, -0.05) is 0 Å². The Hall–Kier alpha value is -0.160. The molecule has 3 atom stereocenters. The van der Waals surface area contributed by atoms with E-state index in [1.54, 1.807) is 0 Å². The van der Waals surface area contributed by atoms with Crippen LogP contribution in [0, 0.1) is 0 Å². The number of hydrogen-bond donors (Lipinski definition) is 0. The largest absolute Gasteiger partial charge is 0.301 e. The maximum Gasteiger partial charge on any atom is 0.0242 e. The molecule has 22 heavy (non-hydrogen) atoms. The number of hydrogen-bond acceptors (Lipinski definition) is 4. The lowest BCUT2D eigenvalue weighted by Crippen LogP contribution is -2.49. The van der Waals surface area contributed by atoms with Gasteiger partial charge in [-0.05, 0) is 53.6 Å². The predicted octanol–water partition coefficient (Wildman–Crippen LogP) is 1.57. The first kappa shape index (κ1) is 16.7. The Labute approximate surface area is 137 Å². The quantitative estimate of drug-likeness (QED) is 0.738. The smallest absolute Gasteiger partial charge is 0.0242 e. The standard InChI is InChI=1S/C18H36N4/c1-15(2)21-10-8-20(9-11-21)7-5-6-16(3)22-14-17-12-18(22)13-19(17)4/h15-18H,5-14H2,1-4H3/t16?,17-,18-/m0/s1. The van der Waals surface area contributed by atoms with Gasteiger partial charge in [-0.3, -0.25) is 9.80 Å². The number of likely N-dealkylation sites (tertiary alicyclic amines) is 2. The summed E-state index contributed by atoms with van der Waals surface area (Å²) in [6, 6.07) is 3.18. The van der Waals surface area contributed by atoms with Crippen molar-refractivity contribution < 1.29 is 0 Å². The van der Waals surface area contributed by atoms with E-state index in [9.17, 15) is 0 Å². The molecule has 0 amide bonds. The maximum absolute atomic E-state index is 2.79. The van der Waals surface area contributed by atoms with Crippen molar-refractivity contribution in [3.8, 4) is 0 Å². The lowest BCUT2D eigenvalue weighted by atomic mass is 10.1. The van der Waals surface area contributed by atoms with E-state index in [2.05, 4.69) is 47.4 Å². The van der Waals surface area contributed by atoms with E-state index in [-0.39, 0.29) is 0 Å². The zero-order valence-corrected chi connectivity index (χ0v) is 15.2. The fraction of sp³-hybridized carbons (Fsp3) is 1.00. The fourth-order valence-electron chi connectivity index (χ4n) is 4.72. The highest BCUT2D eigenvalue weighted by molar-refractivity contribution is 4.99. The second-order valence-electron chi connectivity index (χ2n) is 8.14. The summed E-state index contributed by atoms with van der Waals surface area (Å²) < 4.78 is 0. The highest BCUT2D eigenvalue weighted by atomic mass is 15.3. The van der Waals surface area contributed by atoms with Crippen LogP contribution in [0.4, 0.5) is 0 Å². The van der Waals surface area contributed by atoms with Gasteiger partial charge < -0.3 is 9.80 Å². The van der Waals surface area contributed by atoms with E-state index in [0.29, 0.717) is 6.04 Å². The maximum atomic E-state index is 2.79. The van der Waals surface area contributed by atoms with Crippen LogP contribution in [0.3, 0.4) is 0 Å². The first-order valence-corrected chi connectivity index (χ1v) is 9.47. The van der Waals surface area contributed by atoms with Crippen molar-refractivity contribution in [2.45, 2.75) is 64.2 Å². The number of rotatable bonds is 6. The Bertz CT molecular complexity index is 349. The number of nitrogens with zero attached hydrogens (tertiary/aromatic N) is 4. The van der Waals surface area contributed by atoms with Crippen LogP contribution in [0.5, 0.6) is 0 Å². The second-order valence-corrected chi connectivity index (χ2v) is 8.14. The molecule has 3 heterocycles. The summed E-state index contributed by atoms with van der Waals surface area (Å²) in [6.07, 6.45) is 4.15. The van der Waals surface area contributed by atoms with E-state index >= 15 is 0 Å². The molecule has 4 nitrogen and oxygen atoms in total. The topological polar surface area (TPSA) is 13.0 Å². The summed E-state index contributed by atoms with van der Waals surface area (Å²) >= 11 is 0. The molecule has 2 bridgehead atoms. The molecule has 3 fully saturated rings. The normalized spacial score (nSPS) is 33.1. The van der Waals surface area contributed by atoms with Gasteiger partial charge in [0.15, 0.2) is 0 Å². The Morgan fingerprint density at radius 2 is 1.68 bits per heavy atom. The molecule has 0 aliphatic carbocycles. The molecule has 0 N–H and O–H groups in total. The molecule has 3 aliphatic rings. The van der Waals surface area contributed by atoms with E-state index in [4.69, 9.17) is 0 Å². The first-order chi connectivity index (χ1) is 10.5. The van der Waals surface area contributed by atoms with Gasteiger partial charge in [-0.25, -0.2) is 0 Å². The summed E-state index contributed by atoms with van der Waals surface area (Å²) in [4.78, 5) is 10.6. The Balaban J connectivity index is 1.32. The van der Waals surface area contributed by atoms with Crippen molar-refractivity contribution in [1.82, 2.24) is 19.6 Å². The predicted molar refractivity (Wildman–Crippen MR) is 93.4 cm³/mol. The zero-order valence-electron chi connectivity index (χ0n) is 15.2. The van der Waals surface area contributed by atoms with Crippen molar-refractivity contribution in [1.29, 1.82) is 0 Å². The van der Waals surface area contributed by atoms with Gasteiger partial charge in [0, 0.05) is 63.4 Å². The lowest BCUT2D eigenvalue weighted by Gasteiger charge is -2.38. The molecule has 0 aromatic carbocycles. The molecule has 4 heteroatoms. The minimum Gasteiger partial charge on any atom is -0.301 e. The Morgan fingerprint density at radius 3 is 2.23 bits per heavy atom. The molecule has 0 spiro atoms. The van der Waals surface area contributed by atoms with Gasteiger partial charge in [0.25, 0.3) is 0 Å². The monoisotopic (exact) mass is 308 g/mol. The SMILES string of the molecule is CC(C)N1CCN(CCCC(C)N2C[C@@H]3C[C@H]2CN3C)CC1. The summed E-state index contributed by atoms with van der Waals surface area (Å²) in [7, 11) is 2.30. The van der Waals surface area contributed by atoms with Gasteiger partial charge in [0.1, 0.15) is 0 Å². The van der Waals surface area contributed by atoms with Crippen LogP contribution in [0.15, 0.2) is 0 Å².